The van der Waals surface area contributed by atoms with Gasteiger partial charge in [0.2, 0.25) is 0 Å². The number of likely N-dealkylation sites (N-methyl/N-ethyl adjacent to an activating group) is 1. The van der Waals surface area contributed by atoms with Gasteiger partial charge in [-0.2, -0.15) is 0 Å². The third kappa shape index (κ3) is 6.31. The van der Waals surface area contributed by atoms with Crippen molar-refractivity contribution in [3.63, 3.8) is 0 Å². The molecule has 0 N–H and O–H groups in total. The lowest BCUT2D eigenvalue weighted by Gasteiger charge is -2.00. The molecule has 0 aromatic heterocycles. The molecule has 0 fully saturated rings. The predicted molar refractivity (Wildman–Crippen MR) is 59.7 cm³/mol. The van der Waals surface area contributed by atoms with E-state index in [1.54, 1.807) is 0 Å². The second-order valence-corrected chi connectivity index (χ2v) is 3.83. The average Bonchev–Trinajstić information content (AvgIpc) is 1.98. The monoisotopic (exact) mass is 263 g/mol. The summed E-state index contributed by atoms with van der Waals surface area (Å²) < 4.78 is 2.09. The smallest absolute Gasteiger partial charge is 0.0262 e. The lowest BCUT2D eigenvalue weighted by Crippen LogP contribution is -2.01. The summed E-state index contributed by atoms with van der Waals surface area (Å²) in [4.78, 5) is 0. The fraction of sp³-hybridized carbons (Fsp3) is 0.333. The molecule has 0 unspecified atom stereocenters. The highest BCUT2D eigenvalue weighted by Crippen LogP contribution is 1.98. The van der Waals surface area contributed by atoms with Crippen LogP contribution in [0.25, 0.3) is 0 Å². The van der Waals surface area contributed by atoms with Gasteiger partial charge in [0, 0.05) is 29.4 Å². The van der Waals surface area contributed by atoms with Crippen molar-refractivity contribution < 1.29 is 0 Å². The first kappa shape index (κ1) is 10.9. The normalized spacial score (nSPS) is 12.9. The number of halogens is 1. The van der Waals surface area contributed by atoms with E-state index < -0.39 is 0 Å². The zero-order valence-corrected chi connectivity index (χ0v) is 9.21. The Morgan fingerprint density at radius 1 is 1.64 bits per heavy atom. The molecule has 0 spiro atoms. The van der Waals surface area contributed by atoms with Gasteiger partial charge < -0.3 is 0 Å². The molecular weight excluding hydrogens is 249 g/mol. The second-order valence-electron chi connectivity index (χ2n) is 2.18. The number of hydrogen-bond acceptors (Lipinski definition) is 1. The Hall–Kier alpha value is -0.0900. The fourth-order valence-electron chi connectivity index (χ4n) is 0.616. The maximum absolute atomic E-state index is 3.69. The van der Waals surface area contributed by atoms with E-state index in [2.05, 4.69) is 44.7 Å². The van der Waals surface area contributed by atoms with E-state index in [9.17, 15) is 0 Å². The van der Waals surface area contributed by atoms with E-state index in [1.807, 2.05) is 26.1 Å². The lowest BCUT2D eigenvalue weighted by atomic mass is 10.2. The summed E-state index contributed by atoms with van der Waals surface area (Å²) in [5.74, 6) is 0. The van der Waals surface area contributed by atoms with Crippen LogP contribution in [0.5, 0.6) is 0 Å². The zero-order chi connectivity index (χ0) is 8.69. The highest BCUT2D eigenvalue weighted by molar-refractivity contribution is 14.1. The van der Waals surface area contributed by atoms with Crippen LogP contribution in [0.1, 0.15) is 6.92 Å². The molecule has 2 heteroatoms. The Kier molecular flexibility index (Phi) is 6.56. The molecule has 0 aliphatic carbocycles. The molecule has 0 heterocycles. The third-order valence-corrected chi connectivity index (χ3v) is 1.63. The van der Waals surface area contributed by atoms with Gasteiger partial charge in [0.05, 0.1) is 0 Å². The first-order valence-corrected chi connectivity index (χ1v) is 4.49. The maximum atomic E-state index is 3.69. The van der Waals surface area contributed by atoms with E-state index in [0.717, 1.165) is 6.54 Å². The van der Waals surface area contributed by atoms with Gasteiger partial charge in [0.25, 0.3) is 0 Å². The molecule has 0 aromatic carbocycles. The van der Waals surface area contributed by atoms with Crippen LogP contribution in [-0.2, 0) is 0 Å². The van der Waals surface area contributed by atoms with Gasteiger partial charge in [0.1, 0.15) is 0 Å². The van der Waals surface area contributed by atoms with Crippen molar-refractivity contribution in [1.82, 2.24) is 3.11 Å². The lowest BCUT2D eigenvalue weighted by molar-refractivity contribution is 0.687. The highest BCUT2D eigenvalue weighted by Gasteiger charge is 1.84. The minimum Gasteiger partial charge on any atom is -0.247 e. The molecule has 0 radical (unpaired) electrons. The van der Waals surface area contributed by atoms with Crippen molar-refractivity contribution in [2.24, 2.45) is 0 Å². The summed E-state index contributed by atoms with van der Waals surface area (Å²) >= 11 is 2.25. The van der Waals surface area contributed by atoms with E-state index in [4.69, 9.17) is 0 Å². The van der Waals surface area contributed by atoms with Gasteiger partial charge in [0.15, 0.2) is 0 Å². The van der Waals surface area contributed by atoms with Crippen LogP contribution in [0.3, 0.4) is 0 Å². The van der Waals surface area contributed by atoms with Gasteiger partial charge in [-0.3, -0.25) is 0 Å². The van der Waals surface area contributed by atoms with Crippen molar-refractivity contribution in [1.29, 1.82) is 0 Å². The van der Waals surface area contributed by atoms with Gasteiger partial charge in [-0.15, -0.1) is 0 Å². The summed E-state index contributed by atoms with van der Waals surface area (Å²) in [7, 11) is 2.04. The molecule has 0 saturated heterocycles. The van der Waals surface area contributed by atoms with E-state index in [-0.39, 0.29) is 0 Å². The molecule has 0 aliphatic heterocycles. The van der Waals surface area contributed by atoms with Crippen molar-refractivity contribution in [3.8, 4) is 0 Å². The van der Waals surface area contributed by atoms with Gasteiger partial charge >= 0.3 is 0 Å². The Morgan fingerprint density at radius 2 is 2.27 bits per heavy atom. The molecule has 0 aromatic rings. The Labute approximate surface area is 83.0 Å². The molecule has 0 rings (SSSR count). The number of allylic oxidation sites excluding steroid dienone is 4. The minimum atomic E-state index is 0.964. The molecule has 0 amide bonds. The van der Waals surface area contributed by atoms with Crippen LogP contribution in [0.15, 0.2) is 36.5 Å². The van der Waals surface area contributed by atoms with Gasteiger partial charge in [-0.25, -0.2) is 3.11 Å². The van der Waals surface area contributed by atoms with Crippen molar-refractivity contribution in [3.05, 3.63) is 36.5 Å². The van der Waals surface area contributed by atoms with Crippen molar-refractivity contribution in [2.75, 3.05) is 13.6 Å². The predicted octanol–water partition coefficient (Wildman–Crippen LogP) is 2.96. The quantitative estimate of drug-likeness (QED) is 0.428. The first-order valence-electron chi connectivity index (χ1n) is 3.53. The SMILES string of the molecule is C=CC(/C=C\CN(C)I)=C/C. The molecule has 0 atom stereocenters. The standard InChI is InChI=1S/C9H14IN/c1-4-9(5-2)7-6-8-11(3)10/h4-7H,1,8H2,2-3H3/b7-6-,9-5-. The van der Waals surface area contributed by atoms with E-state index in [1.165, 1.54) is 5.57 Å². The van der Waals surface area contributed by atoms with Gasteiger partial charge in [-0.05, 0) is 19.5 Å². The Morgan fingerprint density at radius 3 is 2.64 bits per heavy atom. The fourth-order valence-corrected chi connectivity index (χ4v) is 0.844. The van der Waals surface area contributed by atoms with Crippen LogP contribution in [0.2, 0.25) is 0 Å². The third-order valence-electron chi connectivity index (χ3n) is 1.24. The largest absolute Gasteiger partial charge is 0.247 e. The topological polar surface area (TPSA) is 3.24 Å². The number of hydrogen-bond donors (Lipinski definition) is 0. The highest BCUT2D eigenvalue weighted by atomic mass is 127. The van der Waals surface area contributed by atoms with E-state index in [0.29, 0.717) is 0 Å². The first-order chi connectivity index (χ1) is 5.20. The summed E-state index contributed by atoms with van der Waals surface area (Å²) in [5.41, 5.74) is 1.17. The summed E-state index contributed by atoms with van der Waals surface area (Å²) in [6, 6.07) is 0. The molecule has 0 aliphatic rings. The Balaban J connectivity index is 3.81. The maximum Gasteiger partial charge on any atom is 0.0262 e. The van der Waals surface area contributed by atoms with Crippen LogP contribution >= 0.6 is 22.9 Å². The number of nitrogens with zero attached hydrogens (tertiary/aromatic N) is 1. The molecule has 62 valence electrons. The summed E-state index contributed by atoms with van der Waals surface area (Å²) in [6.07, 6.45) is 8.08. The number of rotatable bonds is 4. The van der Waals surface area contributed by atoms with Gasteiger partial charge in [-0.1, -0.05) is 30.9 Å². The van der Waals surface area contributed by atoms with Crippen LogP contribution < -0.4 is 0 Å². The summed E-state index contributed by atoms with van der Waals surface area (Å²) in [5, 5.41) is 0. The van der Waals surface area contributed by atoms with Crippen molar-refractivity contribution in [2.45, 2.75) is 6.92 Å². The molecule has 11 heavy (non-hydrogen) atoms. The van der Waals surface area contributed by atoms with Crippen LogP contribution in [0.4, 0.5) is 0 Å². The molecule has 0 saturated carbocycles. The second kappa shape index (κ2) is 6.61. The average molecular weight is 263 g/mol. The summed E-state index contributed by atoms with van der Waals surface area (Å²) in [6.45, 7) is 6.67. The van der Waals surface area contributed by atoms with Crippen LogP contribution in [0, 0.1) is 0 Å². The van der Waals surface area contributed by atoms with Crippen molar-refractivity contribution >= 4 is 22.9 Å². The molecular formula is C9H14IN. The molecule has 0 bridgehead atoms. The van der Waals surface area contributed by atoms with E-state index >= 15 is 0 Å². The van der Waals surface area contributed by atoms with Crippen LogP contribution in [-0.4, -0.2) is 16.7 Å². The molecule has 1 nitrogen and oxygen atoms in total. The minimum absolute atomic E-state index is 0.964. The Bertz CT molecular complexity index is 168. The zero-order valence-electron chi connectivity index (χ0n) is 7.05.